The quantitative estimate of drug-likeness (QED) is 0.0541. The molecule has 398 valence electrons. The molecule has 0 aliphatic carbocycles. The fourth-order valence-electron chi connectivity index (χ4n) is 7.36. The molecule has 0 radical (unpaired) electrons. The van der Waals surface area contributed by atoms with Gasteiger partial charge in [0, 0.05) is 86.6 Å². The van der Waals surface area contributed by atoms with Crippen molar-refractivity contribution in [2.75, 3.05) is 43.4 Å². The Kier molecular flexibility index (Phi) is 21.3. The van der Waals surface area contributed by atoms with Gasteiger partial charge in [0.2, 0.25) is 11.9 Å². The van der Waals surface area contributed by atoms with E-state index in [0.717, 1.165) is 73.1 Å². The van der Waals surface area contributed by atoms with E-state index >= 15 is 0 Å². The normalized spacial score (nSPS) is 13.2. The van der Waals surface area contributed by atoms with Gasteiger partial charge in [0.15, 0.2) is 5.13 Å². The molecule has 3 aromatic carbocycles. The Morgan fingerprint density at radius 1 is 0.797 bits per heavy atom. The number of hydrogen-bond donors (Lipinski definition) is 6. The topological polar surface area (TPSA) is 185 Å². The lowest BCUT2D eigenvalue weighted by molar-refractivity contribution is -0.130. The van der Waals surface area contributed by atoms with Gasteiger partial charge in [-0.25, -0.2) is 9.97 Å². The van der Waals surface area contributed by atoms with Crippen molar-refractivity contribution in [1.82, 2.24) is 35.4 Å². The van der Waals surface area contributed by atoms with Crippen molar-refractivity contribution in [3.63, 3.8) is 0 Å². The highest BCUT2D eigenvalue weighted by atomic mass is 32.2. The van der Waals surface area contributed by atoms with Crippen LogP contribution in [-0.2, 0) is 23.6 Å². The van der Waals surface area contributed by atoms with Gasteiger partial charge in [0.05, 0.1) is 26.3 Å². The molecule has 1 fully saturated rings. The standard InChI is InChI=1S/C33H43N5O3S2.C21H26N4OS.C3H8O/c1-21-16-26(17-28(22(21)2)31(41)38-14-12-37(13-15-38)24(4)39)20-42-29-19-35-32(43-29)36-30(40)27-10-8-25(9-11-27)18-34-23(3)33(5,6)7;1-13(2)17-8-9-18(27-17)19(26)25-20-23-15-7-6-14(10-16(15)24-20)11-22-12-21(3,4)5;1-3(2)4/h8-11,16-17,19,23,34H,12-15,18,20H2,1-7H3,(H,35,36,40);6-10,22H,1,11-12H2,2-5H3,(H2,23,24,25,26);3-4H,1-2H3. The number of thiazole rings is 1. The van der Waals surface area contributed by atoms with Crippen molar-refractivity contribution in [3.05, 3.63) is 128 Å². The summed E-state index contributed by atoms with van der Waals surface area (Å²) in [5.74, 6) is 0.849. The lowest BCUT2D eigenvalue weighted by Crippen LogP contribution is -2.50. The number of anilines is 2. The molecule has 74 heavy (non-hydrogen) atoms. The molecular weight excluding hydrogens is 987 g/mol. The number of aliphatic hydroxyl groups excluding tert-OH is 1. The molecule has 1 unspecified atom stereocenters. The zero-order valence-electron chi connectivity index (χ0n) is 45.5. The van der Waals surface area contributed by atoms with Crippen LogP contribution in [0, 0.1) is 24.7 Å². The maximum absolute atomic E-state index is 13.4. The molecule has 0 spiro atoms. The monoisotopic (exact) mass is 1060 g/mol. The fraction of sp³-hybridized carbons (Fsp3) is 0.439. The molecule has 7 rings (SSSR count). The van der Waals surface area contributed by atoms with E-state index in [1.807, 2.05) is 74.2 Å². The van der Waals surface area contributed by atoms with Crippen LogP contribution in [0.4, 0.5) is 11.1 Å². The van der Waals surface area contributed by atoms with E-state index in [1.165, 1.54) is 28.2 Å². The van der Waals surface area contributed by atoms with E-state index in [-0.39, 0.29) is 40.6 Å². The van der Waals surface area contributed by atoms with Crippen LogP contribution >= 0.6 is 34.4 Å². The molecule has 0 saturated carbocycles. The van der Waals surface area contributed by atoms with E-state index < -0.39 is 0 Å². The van der Waals surface area contributed by atoms with Gasteiger partial charge < -0.3 is 30.5 Å². The Labute approximate surface area is 450 Å². The van der Waals surface area contributed by atoms with E-state index in [2.05, 4.69) is 109 Å². The van der Waals surface area contributed by atoms with Crippen LogP contribution in [0.15, 0.2) is 83.7 Å². The van der Waals surface area contributed by atoms with Crippen LogP contribution in [0.3, 0.4) is 0 Å². The summed E-state index contributed by atoms with van der Waals surface area (Å²) in [5.41, 5.74) is 9.87. The first-order valence-electron chi connectivity index (χ1n) is 25.1. The molecule has 4 heterocycles. The van der Waals surface area contributed by atoms with Gasteiger partial charge in [0.1, 0.15) is 0 Å². The third-order valence-corrected chi connectivity index (χ3v) is 15.6. The smallest absolute Gasteiger partial charge is 0.268 e. The number of rotatable bonds is 15. The number of nitrogens with one attached hydrogen (secondary N) is 5. The number of imidazole rings is 1. The van der Waals surface area contributed by atoms with Gasteiger partial charge in [-0.05, 0) is 128 Å². The molecule has 3 aromatic heterocycles. The second-order valence-electron chi connectivity index (χ2n) is 21.4. The van der Waals surface area contributed by atoms with Crippen molar-refractivity contribution in [2.24, 2.45) is 10.8 Å². The van der Waals surface area contributed by atoms with Crippen LogP contribution in [0.1, 0.15) is 139 Å². The third-order valence-electron chi connectivity index (χ3n) is 12.2. The molecule has 6 N–H and O–H groups in total. The number of aromatic nitrogens is 3. The average molecular weight is 1060 g/mol. The first-order valence-corrected chi connectivity index (χ1v) is 27.7. The SMILES string of the molecule is C=C(C)c1ccc(C(=O)Nc2nc3ccc(CNCC(C)(C)C)cc3[nH]2)s1.CC(=O)N1CCN(C(=O)c2cc(CSc3cnc(NC(=O)c4ccc(CNC(C)C(C)(C)C)cc4)s3)cc(C)c2C)CC1.CC(C)O. The van der Waals surface area contributed by atoms with Crippen LogP contribution in [0.2, 0.25) is 0 Å². The number of carbonyl (C=O) groups is 4. The fourth-order valence-corrected chi connectivity index (χ4v) is 9.98. The highest BCUT2D eigenvalue weighted by Gasteiger charge is 2.25. The minimum absolute atomic E-state index is 0.0159. The number of aryl methyl sites for hydroxylation is 1. The van der Waals surface area contributed by atoms with E-state index in [9.17, 15) is 19.2 Å². The lowest BCUT2D eigenvalue weighted by Gasteiger charge is -2.34. The zero-order chi connectivity index (χ0) is 54.5. The third kappa shape index (κ3) is 18.3. The van der Waals surface area contributed by atoms with Crippen molar-refractivity contribution in [2.45, 2.75) is 125 Å². The van der Waals surface area contributed by atoms with Crippen LogP contribution in [0.5, 0.6) is 0 Å². The molecule has 1 aliphatic heterocycles. The largest absolute Gasteiger partial charge is 0.394 e. The zero-order valence-corrected chi connectivity index (χ0v) is 48.0. The van der Waals surface area contributed by atoms with E-state index in [4.69, 9.17) is 5.11 Å². The highest BCUT2D eigenvalue weighted by molar-refractivity contribution is 8.00. The maximum Gasteiger partial charge on any atom is 0.268 e. The van der Waals surface area contributed by atoms with Gasteiger partial charge in [-0.2, -0.15) is 0 Å². The van der Waals surface area contributed by atoms with Gasteiger partial charge in [-0.15, -0.1) is 23.1 Å². The average Bonchev–Trinajstić information content (AvgIpc) is 4.11. The Hall–Kier alpha value is -5.69. The summed E-state index contributed by atoms with van der Waals surface area (Å²) < 4.78 is 0.983. The van der Waals surface area contributed by atoms with Gasteiger partial charge in [-0.3, -0.25) is 29.8 Å². The lowest BCUT2D eigenvalue weighted by atomic mass is 9.88. The Morgan fingerprint density at radius 3 is 2.04 bits per heavy atom. The number of nitrogens with zero attached hydrogens (tertiary/aromatic N) is 4. The first kappa shape index (κ1) is 59.2. The number of piperazine rings is 1. The number of amides is 4. The van der Waals surface area contributed by atoms with Crippen LogP contribution in [0.25, 0.3) is 16.6 Å². The summed E-state index contributed by atoms with van der Waals surface area (Å²) in [5, 5.41) is 21.4. The number of allylic oxidation sites excluding steroid dienone is 1. The summed E-state index contributed by atoms with van der Waals surface area (Å²) >= 11 is 4.50. The number of H-pyrrole nitrogens is 1. The summed E-state index contributed by atoms with van der Waals surface area (Å²) in [6.07, 6.45) is 1.61. The number of benzene rings is 3. The minimum atomic E-state index is -0.185. The number of aromatic amines is 1. The first-order chi connectivity index (χ1) is 34.8. The molecular formula is C57H77N9O5S3. The molecule has 6 aromatic rings. The predicted octanol–water partition coefficient (Wildman–Crippen LogP) is 11.6. The number of hydrogen-bond acceptors (Lipinski definition) is 12. The maximum atomic E-state index is 13.4. The number of carbonyl (C=O) groups excluding carboxylic acids is 4. The molecule has 4 amide bonds. The minimum Gasteiger partial charge on any atom is -0.394 e. The van der Waals surface area contributed by atoms with Crippen molar-refractivity contribution < 1.29 is 24.3 Å². The van der Waals surface area contributed by atoms with Crippen LogP contribution in [-0.4, -0.2) is 98.4 Å². The number of aliphatic hydroxyl groups is 1. The molecule has 0 bridgehead atoms. The molecule has 1 saturated heterocycles. The van der Waals surface area contributed by atoms with Gasteiger partial charge >= 0.3 is 0 Å². The Morgan fingerprint density at radius 2 is 1.43 bits per heavy atom. The van der Waals surface area contributed by atoms with Crippen LogP contribution < -0.4 is 21.3 Å². The number of thioether (sulfide) groups is 1. The van der Waals surface area contributed by atoms with Crippen molar-refractivity contribution in [3.8, 4) is 0 Å². The Bertz CT molecular complexity index is 2860. The van der Waals surface area contributed by atoms with Gasteiger partial charge in [-0.1, -0.05) is 83.7 Å². The summed E-state index contributed by atoms with van der Waals surface area (Å²) in [4.78, 5) is 67.6. The Balaban J connectivity index is 0.000000279. The number of fused-ring (bicyclic) bond motifs is 1. The highest BCUT2D eigenvalue weighted by Crippen LogP contribution is 2.32. The predicted molar refractivity (Wildman–Crippen MR) is 307 cm³/mol. The second-order valence-corrected chi connectivity index (χ2v) is 24.8. The second kappa shape index (κ2) is 26.7. The summed E-state index contributed by atoms with van der Waals surface area (Å²) in [6.45, 7) is 35.0. The van der Waals surface area contributed by atoms with E-state index in [0.29, 0.717) is 59.5 Å². The summed E-state index contributed by atoms with van der Waals surface area (Å²) in [7, 11) is 0. The van der Waals surface area contributed by atoms with Crippen molar-refractivity contribution >= 4 is 85.8 Å². The molecule has 17 heteroatoms. The van der Waals surface area contributed by atoms with Gasteiger partial charge in [0.25, 0.3) is 17.7 Å². The summed E-state index contributed by atoms with van der Waals surface area (Å²) in [6, 6.07) is 22.0. The molecule has 1 atom stereocenters. The molecule has 1 aliphatic rings. The molecule has 14 nitrogen and oxygen atoms in total. The number of thiophene rings is 1. The van der Waals surface area contributed by atoms with E-state index in [1.54, 1.807) is 43.6 Å². The van der Waals surface area contributed by atoms with Crippen molar-refractivity contribution in [1.29, 1.82) is 0 Å².